The molecule has 88 valence electrons. The van der Waals surface area contributed by atoms with Gasteiger partial charge in [-0.25, -0.2) is 8.42 Å². The number of amides is 1. The van der Waals surface area contributed by atoms with Crippen LogP contribution in [0.5, 0.6) is 0 Å². The van der Waals surface area contributed by atoms with Crippen molar-refractivity contribution in [3.63, 3.8) is 0 Å². The minimum atomic E-state index is -3.36. The van der Waals surface area contributed by atoms with Gasteiger partial charge in [-0.2, -0.15) is 0 Å². The minimum absolute atomic E-state index is 0.0271. The fourth-order valence-corrected chi connectivity index (χ4v) is 2.28. The molecule has 0 atom stereocenters. The summed E-state index contributed by atoms with van der Waals surface area (Å²) in [6.45, 7) is 2.89. The molecule has 1 aromatic carbocycles. The molecule has 1 aromatic rings. The molecule has 0 bridgehead atoms. The first-order valence-electron chi connectivity index (χ1n) is 4.76. The van der Waals surface area contributed by atoms with Crippen LogP contribution in [0.25, 0.3) is 0 Å². The third-order valence-electron chi connectivity index (χ3n) is 2.05. The van der Waals surface area contributed by atoms with Crippen LogP contribution >= 0.6 is 0 Å². The summed E-state index contributed by atoms with van der Waals surface area (Å²) in [5.74, 6) is -0.287. The van der Waals surface area contributed by atoms with E-state index in [9.17, 15) is 13.2 Å². The van der Waals surface area contributed by atoms with Crippen LogP contribution in [-0.2, 0) is 14.6 Å². The molecule has 0 saturated heterocycles. The molecule has 0 aliphatic carbocycles. The van der Waals surface area contributed by atoms with E-state index < -0.39 is 9.84 Å². The molecular weight excluding hydrogens is 228 g/mol. The predicted molar refractivity (Wildman–Crippen MR) is 62.9 cm³/mol. The summed E-state index contributed by atoms with van der Waals surface area (Å²) < 4.78 is 23.3. The normalized spacial score (nSPS) is 11.1. The quantitative estimate of drug-likeness (QED) is 0.774. The highest BCUT2D eigenvalue weighted by atomic mass is 32.2. The van der Waals surface area contributed by atoms with E-state index in [0.717, 1.165) is 0 Å². The second-order valence-electron chi connectivity index (χ2n) is 3.34. The fraction of sp³-hybridized carbons (Fsp3) is 0.300. The molecule has 0 aliphatic rings. The Kier molecular flexibility index (Phi) is 3.54. The zero-order valence-electron chi connectivity index (χ0n) is 9.15. The average molecular weight is 242 g/mol. The number of nitrogen functional groups attached to an aromatic ring is 1. The van der Waals surface area contributed by atoms with E-state index in [1.54, 1.807) is 13.0 Å². The Morgan fingerprint density at radius 3 is 2.56 bits per heavy atom. The van der Waals surface area contributed by atoms with Gasteiger partial charge in [0.15, 0.2) is 9.84 Å². The molecular formula is C10H14N2O3S. The number of nitrogens with two attached hydrogens (primary N) is 1. The molecule has 0 spiro atoms. The van der Waals surface area contributed by atoms with E-state index in [0.29, 0.717) is 5.69 Å². The number of rotatable bonds is 3. The maximum absolute atomic E-state index is 11.7. The lowest BCUT2D eigenvalue weighted by molar-refractivity contribution is -0.114. The number of hydrogen-bond donors (Lipinski definition) is 2. The Morgan fingerprint density at radius 1 is 1.44 bits per heavy atom. The molecule has 0 aliphatic heterocycles. The Balaban J connectivity index is 3.24. The summed E-state index contributed by atoms with van der Waals surface area (Å²) in [7, 11) is -3.36. The minimum Gasteiger partial charge on any atom is -0.398 e. The number of carbonyl (C=O) groups is 1. The van der Waals surface area contributed by atoms with Crippen LogP contribution < -0.4 is 11.1 Å². The van der Waals surface area contributed by atoms with Crippen LogP contribution in [0.4, 0.5) is 11.4 Å². The maximum Gasteiger partial charge on any atom is 0.221 e. The summed E-state index contributed by atoms with van der Waals surface area (Å²) >= 11 is 0. The third kappa shape index (κ3) is 2.73. The van der Waals surface area contributed by atoms with Crippen LogP contribution in [-0.4, -0.2) is 20.1 Å². The van der Waals surface area contributed by atoms with E-state index in [1.807, 2.05) is 0 Å². The lowest BCUT2D eigenvalue weighted by atomic mass is 10.3. The molecule has 0 heterocycles. The summed E-state index contributed by atoms with van der Waals surface area (Å²) in [5, 5.41) is 2.51. The van der Waals surface area contributed by atoms with Gasteiger partial charge in [0, 0.05) is 12.6 Å². The highest BCUT2D eigenvalue weighted by molar-refractivity contribution is 7.91. The number of sulfone groups is 1. The van der Waals surface area contributed by atoms with Crippen LogP contribution in [0.15, 0.2) is 23.1 Å². The Labute approximate surface area is 94.6 Å². The molecule has 0 saturated carbocycles. The summed E-state index contributed by atoms with van der Waals surface area (Å²) in [4.78, 5) is 10.9. The maximum atomic E-state index is 11.7. The number of benzene rings is 1. The molecule has 0 radical (unpaired) electrons. The van der Waals surface area contributed by atoms with Crippen LogP contribution in [0, 0.1) is 0 Å². The lowest BCUT2D eigenvalue weighted by Gasteiger charge is -2.08. The van der Waals surface area contributed by atoms with E-state index in [-0.39, 0.29) is 22.2 Å². The van der Waals surface area contributed by atoms with Crippen molar-refractivity contribution in [2.24, 2.45) is 0 Å². The lowest BCUT2D eigenvalue weighted by Crippen LogP contribution is -2.10. The highest BCUT2D eigenvalue weighted by Gasteiger charge is 2.15. The first-order chi connectivity index (χ1) is 7.36. The number of carbonyl (C=O) groups excluding carboxylic acids is 1. The SMILES string of the molecule is CCS(=O)(=O)c1cc(NC(C)=O)ccc1N. The van der Waals surface area contributed by atoms with Crippen molar-refractivity contribution in [1.82, 2.24) is 0 Å². The van der Waals surface area contributed by atoms with Gasteiger partial charge >= 0.3 is 0 Å². The monoisotopic (exact) mass is 242 g/mol. The predicted octanol–water partition coefficient (Wildman–Crippen LogP) is 1.02. The van der Waals surface area contributed by atoms with E-state index in [1.165, 1.54) is 19.1 Å². The van der Waals surface area contributed by atoms with Gasteiger partial charge in [-0.15, -0.1) is 0 Å². The standard InChI is InChI=1S/C10H14N2O3S/c1-3-16(14,15)10-6-8(12-7(2)13)4-5-9(10)11/h4-6H,3,11H2,1-2H3,(H,12,13). The fourth-order valence-electron chi connectivity index (χ4n) is 1.24. The van der Waals surface area contributed by atoms with Gasteiger partial charge in [0.1, 0.15) is 0 Å². The van der Waals surface area contributed by atoms with Crippen molar-refractivity contribution in [2.45, 2.75) is 18.7 Å². The number of anilines is 2. The second-order valence-corrected chi connectivity index (χ2v) is 5.58. The zero-order chi connectivity index (χ0) is 12.3. The van der Waals surface area contributed by atoms with Crippen molar-refractivity contribution in [1.29, 1.82) is 0 Å². The van der Waals surface area contributed by atoms with Crippen molar-refractivity contribution < 1.29 is 13.2 Å². The van der Waals surface area contributed by atoms with Gasteiger partial charge in [0.25, 0.3) is 0 Å². The topological polar surface area (TPSA) is 89.3 Å². The molecule has 5 nitrogen and oxygen atoms in total. The Hall–Kier alpha value is -1.56. The zero-order valence-corrected chi connectivity index (χ0v) is 9.97. The Morgan fingerprint density at radius 2 is 2.06 bits per heavy atom. The van der Waals surface area contributed by atoms with Crippen molar-refractivity contribution in [2.75, 3.05) is 16.8 Å². The largest absolute Gasteiger partial charge is 0.398 e. The van der Waals surface area contributed by atoms with Gasteiger partial charge in [0.05, 0.1) is 16.3 Å². The number of hydrogen-bond acceptors (Lipinski definition) is 4. The number of nitrogens with one attached hydrogen (secondary N) is 1. The van der Waals surface area contributed by atoms with Crippen LogP contribution in [0.1, 0.15) is 13.8 Å². The smallest absolute Gasteiger partial charge is 0.221 e. The molecule has 0 aromatic heterocycles. The van der Waals surface area contributed by atoms with Gasteiger partial charge in [-0.3, -0.25) is 4.79 Å². The highest BCUT2D eigenvalue weighted by Crippen LogP contribution is 2.23. The second kappa shape index (κ2) is 4.52. The molecule has 6 heteroatoms. The summed E-state index contributed by atoms with van der Waals surface area (Å²) in [5.41, 5.74) is 6.21. The van der Waals surface area contributed by atoms with Gasteiger partial charge < -0.3 is 11.1 Å². The molecule has 1 rings (SSSR count). The molecule has 0 unspecified atom stereocenters. The van der Waals surface area contributed by atoms with E-state index in [2.05, 4.69) is 5.32 Å². The van der Waals surface area contributed by atoms with E-state index in [4.69, 9.17) is 5.73 Å². The summed E-state index contributed by atoms with van der Waals surface area (Å²) in [6, 6.07) is 4.40. The van der Waals surface area contributed by atoms with Gasteiger partial charge in [-0.1, -0.05) is 6.92 Å². The first-order valence-corrected chi connectivity index (χ1v) is 6.42. The molecule has 3 N–H and O–H groups in total. The van der Waals surface area contributed by atoms with Crippen molar-refractivity contribution in [3.05, 3.63) is 18.2 Å². The molecule has 1 amide bonds. The first kappa shape index (κ1) is 12.5. The molecule has 0 fully saturated rings. The Bertz CT molecular complexity index is 509. The third-order valence-corrected chi connectivity index (χ3v) is 3.83. The molecule has 16 heavy (non-hydrogen) atoms. The summed E-state index contributed by atoms with van der Waals surface area (Å²) in [6.07, 6.45) is 0. The van der Waals surface area contributed by atoms with E-state index >= 15 is 0 Å². The van der Waals surface area contributed by atoms with Gasteiger partial charge in [0.2, 0.25) is 5.91 Å². The van der Waals surface area contributed by atoms with Crippen molar-refractivity contribution in [3.8, 4) is 0 Å². The van der Waals surface area contributed by atoms with Gasteiger partial charge in [-0.05, 0) is 18.2 Å². The van der Waals surface area contributed by atoms with Crippen molar-refractivity contribution >= 4 is 27.1 Å². The van der Waals surface area contributed by atoms with Crippen LogP contribution in [0.2, 0.25) is 0 Å². The average Bonchev–Trinajstić information content (AvgIpc) is 2.20. The van der Waals surface area contributed by atoms with Crippen LogP contribution in [0.3, 0.4) is 0 Å².